The van der Waals surface area contributed by atoms with Crippen molar-refractivity contribution in [1.29, 1.82) is 0 Å². The Morgan fingerprint density at radius 1 is 1.32 bits per heavy atom. The van der Waals surface area contributed by atoms with Gasteiger partial charge >= 0.3 is 6.18 Å². The van der Waals surface area contributed by atoms with Crippen LogP contribution in [-0.4, -0.2) is 31.2 Å². The van der Waals surface area contributed by atoms with E-state index >= 15 is 0 Å². The molecule has 1 aromatic carbocycles. The zero-order valence-electron chi connectivity index (χ0n) is 11.0. The second-order valence-electron chi connectivity index (χ2n) is 4.76. The predicted molar refractivity (Wildman–Crippen MR) is 66.2 cm³/mol. The third-order valence-corrected chi connectivity index (χ3v) is 2.90. The summed E-state index contributed by atoms with van der Waals surface area (Å²) in [6.45, 7) is 0.875. The van der Waals surface area contributed by atoms with Crippen LogP contribution in [0, 0.1) is 12.7 Å². The summed E-state index contributed by atoms with van der Waals surface area (Å²) in [6.07, 6.45) is -3.87. The molecule has 1 atom stereocenters. The van der Waals surface area contributed by atoms with Gasteiger partial charge < -0.3 is 5.73 Å². The quantitative estimate of drug-likeness (QED) is 0.839. The maximum Gasteiger partial charge on any atom is 0.401 e. The van der Waals surface area contributed by atoms with E-state index in [0.717, 1.165) is 4.90 Å². The second kappa shape index (κ2) is 6.34. The lowest BCUT2D eigenvalue weighted by Gasteiger charge is -2.21. The van der Waals surface area contributed by atoms with Gasteiger partial charge in [0.15, 0.2) is 0 Å². The van der Waals surface area contributed by atoms with Gasteiger partial charge in [0.2, 0.25) is 0 Å². The molecule has 1 rings (SSSR count). The van der Waals surface area contributed by atoms with Crippen molar-refractivity contribution in [2.75, 3.05) is 20.1 Å². The van der Waals surface area contributed by atoms with Crippen molar-refractivity contribution < 1.29 is 17.6 Å². The highest BCUT2D eigenvalue weighted by atomic mass is 19.4. The Morgan fingerprint density at radius 2 is 1.95 bits per heavy atom. The van der Waals surface area contributed by atoms with Gasteiger partial charge in [0.05, 0.1) is 6.54 Å². The van der Waals surface area contributed by atoms with E-state index in [1.807, 2.05) is 0 Å². The Bertz CT molecular complexity index is 418. The molecule has 0 bridgehead atoms. The fraction of sp³-hybridized carbons (Fsp3) is 0.538. The van der Waals surface area contributed by atoms with Crippen LogP contribution in [0.15, 0.2) is 18.2 Å². The third kappa shape index (κ3) is 5.57. The van der Waals surface area contributed by atoms with Gasteiger partial charge in [0.1, 0.15) is 5.82 Å². The average Bonchev–Trinajstić information content (AvgIpc) is 2.27. The third-order valence-electron chi connectivity index (χ3n) is 2.90. The maximum atomic E-state index is 13.3. The van der Waals surface area contributed by atoms with Gasteiger partial charge in [-0.05, 0) is 44.1 Å². The summed E-state index contributed by atoms with van der Waals surface area (Å²) in [5, 5.41) is 0. The second-order valence-corrected chi connectivity index (χ2v) is 4.76. The van der Waals surface area contributed by atoms with E-state index in [1.54, 1.807) is 19.1 Å². The topological polar surface area (TPSA) is 29.3 Å². The van der Waals surface area contributed by atoms with Crippen LogP contribution in [-0.2, 0) is 0 Å². The van der Waals surface area contributed by atoms with Crippen molar-refractivity contribution in [2.24, 2.45) is 5.73 Å². The van der Waals surface area contributed by atoms with Gasteiger partial charge in [-0.15, -0.1) is 0 Å². The molecular formula is C13H18F4N2. The van der Waals surface area contributed by atoms with Crippen LogP contribution in [0.5, 0.6) is 0 Å². The fourth-order valence-corrected chi connectivity index (χ4v) is 1.75. The number of nitrogens with two attached hydrogens (primary N) is 1. The molecule has 1 unspecified atom stereocenters. The van der Waals surface area contributed by atoms with Crippen molar-refractivity contribution in [2.45, 2.75) is 25.6 Å². The van der Waals surface area contributed by atoms with Crippen LogP contribution < -0.4 is 5.73 Å². The van der Waals surface area contributed by atoms with Crippen LogP contribution in [0.2, 0.25) is 0 Å². The average molecular weight is 278 g/mol. The molecular weight excluding hydrogens is 260 g/mol. The SMILES string of the molecule is Cc1ccc(C(N)CCN(C)CC(F)(F)F)cc1F. The highest BCUT2D eigenvalue weighted by Crippen LogP contribution is 2.19. The first-order valence-corrected chi connectivity index (χ1v) is 5.96. The summed E-state index contributed by atoms with van der Waals surface area (Å²) in [4.78, 5) is 1.16. The van der Waals surface area contributed by atoms with E-state index in [0.29, 0.717) is 17.5 Å². The molecule has 0 fully saturated rings. The zero-order valence-corrected chi connectivity index (χ0v) is 11.0. The molecule has 0 heterocycles. The smallest absolute Gasteiger partial charge is 0.324 e. The summed E-state index contributed by atoms with van der Waals surface area (Å²) in [6, 6.07) is 4.19. The molecule has 0 spiro atoms. The lowest BCUT2D eigenvalue weighted by molar-refractivity contribution is -0.143. The molecule has 19 heavy (non-hydrogen) atoms. The van der Waals surface area contributed by atoms with Crippen LogP contribution >= 0.6 is 0 Å². The molecule has 0 aliphatic heterocycles. The fourth-order valence-electron chi connectivity index (χ4n) is 1.75. The van der Waals surface area contributed by atoms with Crippen LogP contribution in [0.4, 0.5) is 17.6 Å². The molecule has 108 valence electrons. The number of nitrogens with zero attached hydrogens (tertiary/aromatic N) is 1. The normalized spacial score (nSPS) is 13.9. The molecule has 2 nitrogen and oxygen atoms in total. The summed E-state index contributed by atoms with van der Waals surface area (Å²) in [5.74, 6) is -0.350. The highest BCUT2D eigenvalue weighted by molar-refractivity contribution is 5.25. The number of halogens is 4. The number of hydrogen-bond donors (Lipinski definition) is 1. The zero-order chi connectivity index (χ0) is 14.6. The minimum atomic E-state index is -4.21. The number of aryl methyl sites for hydroxylation is 1. The van der Waals surface area contributed by atoms with E-state index in [-0.39, 0.29) is 12.4 Å². The van der Waals surface area contributed by atoms with Crippen molar-refractivity contribution >= 4 is 0 Å². The molecule has 6 heteroatoms. The van der Waals surface area contributed by atoms with Gasteiger partial charge in [-0.1, -0.05) is 12.1 Å². The lowest BCUT2D eigenvalue weighted by atomic mass is 10.0. The van der Waals surface area contributed by atoms with Crippen molar-refractivity contribution in [3.8, 4) is 0 Å². The lowest BCUT2D eigenvalue weighted by Crippen LogP contribution is -2.33. The summed E-state index contributed by atoms with van der Waals surface area (Å²) >= 11 is 0. The Hall–Kier alpha value is -1.14. The number of alkyl halides is 3. The van der Waals surface area contributed by atoms with Crippen molar-refractivity contribution in [1.82, 2.24) is 4.90 Å². The van der Waals surface area contributed by atoms with Gasteiger partial charge in [-0.2, -0.15) is 13.2 Å². The summed E-state index contributed by atoms with van der Waals surface area (Å²) in [7, 11) is 1.38. The largest absolute Gasteiger partial charge is 0.401 e. The molecule has 0 aromatic heterocycles. The first-order valence-electron chi connectivity index (χ1n) is 5.96. The maximum absolute atomic E-state index is 13.3. The first kappa shape index (κ1) is 15.9. The molecule has 0 saturated heterocycles. The van der Waals surface area contributed by atoms with Crippen molar-refractivity contribution in [3.63, 3.8) is 0 Å². The van der Waals surface area contributed by atoms with Gasteiger partial charge in [-0.3, -0.25) is 4.90 Å². The van der Waals surface area contributed by atoms with E-state index in [9.17, 15) is 17.6 Å². The number of hydrogen-bond acceptors (Lipinski definition) is 2. The Labute approximate surface area is 110 Å². The van der Waals surface area contributed by atoms with Gasteiger partial charge in [0, 0.05) is 6.04 Å². The van der Waals surface area contributed by atoms with Crippen molar-refractivity contribution in [3.05, 3.63) is 35.1 Å². The standard InChI is InChI=1S/C13H18F4N2/c1-9-3-4-10(7-11(9)14)12(18)5-6-19(2)8-13(15,16)17/h3-4,7,12H,5-6,8,18H2,1-2H3. The molecule has 2 N–H and O–H groups in total. The molecule has 1 aromatic rings. The van der Waals surface area contributed by atoms with E-state index in [2.05, 4.69) is 0 Å². The minimum absolute atomic E-state index is 0.205. The monoisotopic (exact) mass is 278 g/mol. The number of benzene rings is 1. The molecule has 0 saturated carbocycles. The Kier molecular flexibility index (Phi) is 5.31. The van der Waals surface area contributed by atoms with Gasteiger partial charge in [-0.25, -0.2) is 4.39 Å². The van der Waals surface area contributed by atoms with Crippen LogP contribution in [0.3, 0.4) is 0 Å². The molecule has 0 aliphatic carbocycles. The first-order chi connectivity index (χ1) is 8.69. The van der Waals surface area contributed by atoms with Gasteiger partial charge in [0.25, 0.3) is 0 Å². The van der Waals surface area contributed by atoms with Crippen LogP contribution in [0.25, 0.3) is 0 Å². The highest BCUT2D eigenvalue weighted by Gasteiger charge is 2.29. The number of rotatable bonds is 5. The van der Waals surface area contributed by atoms with Crippen LogP contribution in [0.1, 0.15) is 23.6 Å². The molecule has 0 radical (unpaired) electrons. The Balaban J connectivity index is 2.51. The minimum Gasteiger partial charge on any atom is -0.324 e. The Morgan fingerprint density at radius 3 is 2.47 bits per heavy atom. The van der Waals surface area contributed by atoms with E-state index in [4.69, 9.17) is 5.73 Å². The summed E-state index contributed by atoms with van der Waals surface area (Å²) in [5.41, 5.74) is 6.97. The van der Waals surface area contributed by atoms with E-state index < -0.39 is 18.8 Å². The predicted octanol–water partition coefficient (Wildman–Crippen LogP) is 3.02. The molecule has 0 amide bonds. The molecule has 0 aliphatic rings. The summed E-state index contributed by atoms with van der Waals surface area (Å²) < 4.78 is 49.7. The van der Waals surface area contributed by atoms with E-state index in [1.165, 1.54) is 13.1 Å².